The van der Waals surface area contributed by atoms with E-state index in [0.717, 1.165) is 6.42 Å². The zero-order valence-electron chi connectivity index (χ0n) is 10.3. The molecule has 5 nitrogen and oxygen atoms in total. The molecule has 1 unspecified atom stereocenters. The van der Waals surface area contributed by atoms with Crippen molar-refractivity contribution in [3.05, 3.63) is 32.8 Å². The van der Waals surface area contributed by atoms with E-state index < -0.39 is 4.92 Å². The van der Waals surface area contributed by atoms with Gasteiger partial charge in [-0.1, -0.05) is 20.3 Å². The van der Waals surface area contributed by atoms with Gasteiger partial charge in [0, 0.05) is 18.2 Å². The summed E-state index contributed by atoms with van der Waals surface area (Å²) < 4.78 is 0.355. The maximum absolute atomic E-state index is 11.7. The lowest BCUT2D eigenvalue weighted by atomic mass is 10.1. The number of carbonyl (C=O) groups excluding carboxylic acids is 1. The van der Waals surface area contributed by atoms with Crippen LogP contribution in [0.4, 0.5) is 11.4 Å². The molecule has 0 radical (unpaired) electrons. The van der Waals surface area contributed by atoms with Crippen LogP contribution < -0.4 is 5.32 Å². The Morgan fingerprint density at radius 2 is 2.22 bits per heavy atom. The number of nitro benzene ring substituents is 1. The van der Waals surface area contributed by atoms with Crippen LogP contribution in [0.3, 0.4) is 0 Å². The van der Waals surface area contributed by atoms with Crippen molar-refractivity contribution in [1.29, 1.82) is 0 Å². The maximum Gasteiger partial charge on any atom is 0.283 e. The molecule has 0 fully saturated rings. The zero-order chi connectivity index (χ0) is 13.7. The summed E-state index contributed by atoms with van der Waals surface area (Å²) in [6, 6.07) is 4.42. The fourth-order valence-corrected chi connectivity index (χ4v) is 1.93. The van der Waals surface area contributed by atoms with Gasteiger partial charge in [-0.3, -0.25) is 14.9 Å². The highest BCUT2D eigenvalue weighted by atomic mass is 79.9. The predicted octanol–water partition coefficient (Wildman–Crippen LogP) is 3.73. The minimum Gasteiger partial charge on any atom is -0.326 e. The van der Waals surface area contributed by atoms with Gasteiger partial charge in [0.15, 0.2) is 0 Å². The first-order valence-electron chi connectivity index (χ1n) is 5.67. The van der Waals surface area contributed by atoms with Gasteiger partial charge in [-0.05, 0) is 34.0 Å². The standard InChI is InChI=1S/C12H15BrN2O3/c1-3-8(2)6-12(16)14-9-4-5-11(15(17)18)10(13)7-9/h4-5,7-8H,3,6H2,1-2H3,(H,14,16). The zero-order valence-corrected chi connectivity index (χ0v) is 11.9. The Morgan fingerprint density at radius 3 is 2.72 bits per heavy atom. The van der Waals surface area contributed by atoms with Gasteiger partial charge in [-0.15, -0.1) is 0 Å². The van der Waals surface area contributed by atoms with Crippen molar-refractivity contribution in [2.45, 2.75) is 26.7 Å². The molecule has 0 spiro atoms. The minimum atomic E-state index is -0.477. The van der Waals surface area contributed by atoms with E-state index in [4.69, 9.17) is 0 Å². The van der Waals surface area contributed by atoms with E-state index in [1.807, 2.05) is 13.8 Å². The lowest BCUT2D eigenvalue weighted by molar-refractivity contribution is -0.385. The number of rotatable bonds is 5. The lowest BCUT2D eigenvalue weighted by Crippen LogP contribution is -2.14. The van der Waals surface area contributed by atoms with Crippen molar-refractivity contribution in [3.8, 4) is 0 Å². The number of carbonyl (C=O) groups is 1. The molecular weight excluding hydrogens is 300 g/mol. The van der Waals surface area contributed by atoms with Gasteiger partial charge < -0.3 is 5.32 Å². The average Bonchev–Trinajstić information content (AvgIpc) is 2.28. The molecule has 0 aromatic heterocycles. The summed E-state index contributed by atoms with van der Waals surface area (Å²) in [5, 5.41) is 13.4. The molecule has 1 aromatic carbocycles. The van der Waals surface area contributed by atoms with Gasteiger partial charge >= 0.3 is 0 Å². The smallest absolute Gasteiger partial charge is 0.283 e. The summed E-state index contributed by atoms with van der Waals surface area (Å²) >= 11 is 3.11. The van der Waals surface area contributed by atoms with Crippen molar-refractivity contribution >= 4 is 33.2 Å². The lowest BCUT2D eigenvalue weighted by Gasteiger charge is -2.09. The van der Waals surface area contributed by atoms with Gasteiger partial charge in [-0.2, -0.15) is 0 Å². The molecular formula is C12H15BrN2O3. The van der Waals surface area contributed by atoms with Crippen LogP contribution in [-0.2, 0) is 4.79 Å². The first kappa shape index (κ1) is 14.6. The van der Waals surface area contributed by atoms with Crippen molar-refractivity contribution in [1.82, 2.24) is 0 Å². The van der Waals surface area contributed by atoms with Crippen LogP contribution >= 0.6 is 15.9 Å². The summed E-state index contributed by atoms with van der Waals surface area (Å²) in [6.45, 7) is 4.03. The second kappa shape index (κ2) is 6.49. The van der Waals surface area contributed by atoms with Gasteiger partial charge in [0.25, 0.3) is 5.69 Å². The third-order valence-electron chi connectivity index (χ3n) is 2.66. The molecule has 0 bridgehead atoms. The SMILES string of the molecule is CCC(C)CC(=O)Nc1ccc([N+](=O)[O-])c(Br)c1. The van der Waals surface area contributed by atoms with Crippen molar-refractivity contribution in [2.75, 3.05) is 5.32 Å². The number of amides is 1. The number of hydrogen-bond donors (Lipinski definition) is 1. The summed E-state index contributed by atoms with van der Waals surface area (Å²) in [5.41, 5.74) is 0.538. The summed E-state index contributed by atoms with van der Waals surface area (Å²) in [5.74, 6) is 0.247. The molecule has 1 rings (SSSR count). The van der Waals surface area contributed by atoms with Crippen LogP contribution in [0.25, 0.3) is 0 Å². The minimum absolute atomic E-state index is 0.0186. The molecule has 1 aromatic rings. The Labute approximate surface area is 114 Å². The van der Waals surface area contributed by atoms with Crippen LogP contribution in [0.5, 0.6) is 0 Å². The molecule has 0 aliphatic carbocycles. The molecule has 0 saturated carbocycles. The molecule has 98 valence electrons. The number of anilines is 1. The van der Waals surface area contributed by atoms with E-state index in [1.165, 1.54) is 18.2 Å². The topological polar surface area (TPSA) is 72.2 Å². The largest absolute Gasteiger partial charge is 0.326 e. The first-order valence-corrected chi connectivity index (χ1v) is 6.47. The van der Waals surface area contributed by atoms with Crippen molar-refractivity contribution < 1.29 is 9.72 Å². The molecule has 0 aliphatic heterocycles. The van der Waals surface area contributed by atoms with E-state index >= 15 is 0 Å². The quantitative estimate of drug-likeness (QED) is 0.664. The molecule has 0 heterocycles. The molecule has 1 amide bonds. The second-order valence-corrected chi connectivity index (χ2v) is 5.04. The van der Waals surface area contributed by atoms with Gasteiger partial charge in [0.05, 0.1) is 9.40 Å². The number of hydrogen-bond acceptors (Lipinski definition) is 3. The molecule has 0 saturated heterocycles. The fourth-order valence-electron chi connectivity index (χ4n) is 1.41. The average molecular weight is 315 g/mol. The van der Waals surface area contributed by atoms with Crippen LogP contribution in [0, 0.1) is 16.0 Å². The van der Waals surface area contributed by atoms with Crippen LogP contribution in [0.1, 0.15) is 26.7 Å². The monoisotopic (exact) mass is 314 g/mol. The highest BCUT2D eigenvalue weighted by Crippen LogP contribution is 2.27. The number of benzene rings is 1. The highest BCUT2D eigenvalue weighted by Gasteiger charge is 2.13. The summed E-state index contributed by atoms with van der Waals surface area (Å²) in [4.78, 5) is 21.8. The van der Waals surface area contributed by atoms with Crippen LogP contribution in [0.15, 0.2) is 22.7 Å². The number of halogens is 1. The van der Waals surface area contributed by atoms with E-state index in [1.54, 1.807) is 0 Å². The van der Waals surface area contributed by atoms with E-state index in [0.29, 0.717) is 22.5 Å². The molecule has 0 aliphatic rings. The highest BCUT2D eigenvalue weighted by molar-refractivity contribution is 9.10. The number of nitrogens with one attached hydrogen (secondary N) is 1. The normalized spacial score (nSPS) is 11.9. The Kier molecular flexibility index (Phi) is 5.27. The van der Waals surface area contributed by atoms with E-state index in [2.05, 4.69) is 21.2 Å². The van der Waals surface area contributed by atoms with Crippen LogP contribution in [0.2, 0.25) is 0 Å². The fraction of sp³-hybridized carbons (Fsp3) is 0.417. The van der Waals surface area contributed by atoms with Crippen molar-refractivity contribution in [2.24, 2.45) is 5.92 Å². The Balaban J connectivity index is 2.72. The predicted molar refractivity (Wildman–Crippen MR) is 73.5 cm³/mol. The number of nitrogens with zero attached hydrogens (tertiary/aromatic N) is 1. The van der Waals surface area contributed by atoms with Gasteiger partial charge in [0.1, 0.15) is 0 Å². The van der Waals surface area contributed by atoms with Gasteiger partial charge in [-0.25, -0.2) is 0 Å². The summed E-state index contributed by atoms with van der Waals surface area (Å²) in [7, 11) is 0. The van der Waals surface area contributed by atoms with E-state index in [-0.39, 0.29) is 11.6 Å². The first-order chi connectivity index (χ1) is 8.43. The maximum atomic E-state index is 11.7. The van der Waals surface area contributed by atoms with Crippen molar-refractivity contribution in [3.63, 3.8) is 0 Å². The van der Waals surface area contributed by atoms with Gasteiger partial charge in [0.2, 0.25) is 5.91 Å². The molecule has 1 atom stereocenters. The Bertz CT molecular complexity index is 463. The summed E-state index contributed by atoms with van der Waals surface area (Å²) in [6.07, 6.45) is 1.39. The third-order valence-corrected chi connectivity index (χ3v) is 3.29. The van der Waals surface area contributed by atoms with Crippen LogP contribution in [-0.4, -0.2) is 10.8 Å². The third kappa shape index (κ3) is 4.10. The molecule has 6 heteroatoms. The molecule has 18 heavy (non-hydrogen) atoms. The Morgan fingerprint density at radius 1 is 1.56 bits per heavy atom. The number of nitro groups is 1. The second-order valence-electron chi connectivity index (χ2n) is 4.19. The Hall–Kier alpha value is -1.43. The molecule has 1 N–H and O–H groups in total. The van der Waals surface area contributed by atoms with E-state index in [9.17, 15) is 14.9 Å².